The summed E-state index contributed by atoms with van der Waals surface area (Å²) in [5.74, 6) is 2.21. The predicted octanol–water partition coefficient (Wildman–Crippen LogP) is 2.48. The quantitative estimate of drug-likeness (QED) is 0.754. The zero-order valence-corrected chi connectivity index (χ0v) is 15.2. The molecule has 4 rings (SSSR count). The van der Waals surface area contributed by atoms with Crippen LogP contribution in [0.3, 0.4) is 0 Å². The van der Waals surface area contributed by atoms with E-state index >= 15 is 0 Å². The maximum atomic E-state index is 12.6. The van der Waals surface area contributed by atoms with E-state index in [1.54, 1.807) is 25.3 Å². The SMILES string of the molecule is COc1cccc(C(=O)NCCc2cc3c(cc2C2CO2)OCO3)c1OC. The van der Waals surface area contributed by atoms with Crippen molar-refractivity contribution in [2.24, 2.45) is 0 Å². The summed E-state index contributed by atoms with van der Waals surface area (Å²) < 4.78 is 26.9. The molecule has 0 bridgehead atoms. The molecule has 1 saturated heterocycles. The van der Waals surface area contributed by atoms with Gasteiger partial charge in [-0.15, -0.1) is 0 Å². The van der Waals surface area contributed by atoms with Crippen molar-refractivity contribution in [3.8, 4) is 23.0 Å². The molecule has 142 valence electrons. The van der Waals surface area contributed by atoms with E-state index in [1.807, 2.05) is 12.1 Å². The van der Waals surface area contributed by atoms with Crippen LogP contribution in [0.25, 0.3) is 0 Å². The highest BCUT2D eigenvalue weighted by Crippen LogP contribution is 2.41. The van der Waals surface area contributed by atoms with Crippen LogP contribution in [0.1, 0.15) is 27.6 Å². The van der Waals surface area contributed by atoms with Gasteiger partial charge in [0.05, 0.1) is 26.4 Å². The first-order valence-electron chi connectivity index (χ1n) is 8.74. The van der Waals surface area contributed by atoms with Gasteiger partial charge in [-0.3, -0.25) is 4.79 Å². The van der Waals surface area contributed by atoms with Crippen molar-refractivity contribution < 1.29 is 28.5 Å². The molecule has 7 nitrogen and oxygen atoms in total. The van der Waals surface area contributed by atoms with Gasteiger partial charge in [0, 0.05) is 6.54 Å². The molecule has 0 aromatic heterocycles. The van der Waals surface area contributed by atoms with Crippen molar-refractivity contribution in [2.75, 3.05) is 34.2 Å². The number of ether oxygens (including phenoxy) is 5. The van der Waals surface area contributed by atoms with Gasteiger partial charge in [0.25, 0.3) is 5.91 Å². The number of epoxide rings is 1. The molecule has 0 aliphatic carbocycles. The molecule has 7 heteroatoms. The molecule has 2 aliphatic rings. The smallest absolute Gasteiger partial charge is 0.255 e. The third-order valence-electron chi connectivity index (χ3n) is 4.64. The molecule has 1 amide bonds. The van der Waals surface area contributed by atoms with Crippen LogP contribution in [0.4, 0.5) is 0 Å². The van der Waals surface area contributed by atoms with Gasteiger partial charge >= 0.3 is 0 Å². The van der Waals surface area contributed by atoms with Crippen LogP contribution < -0.4 is 24.3 Å². The third kappa shape index (κ3) is 3.50. The van der Waals surface area contributed by atoms with Gasteiger partial charge in [0.1, 0.15) is 6.10 Å². The van der Waals surface area contributed by atoms with E-state index in [2.05, 4.69) is 5.32 Å². The highest BCUT2D eigenvalue weighted by molar-refractivity contribution is 5.97. The first-order valence-corrected chi connectivity index (χ1v) is 8.74. The number of fused-ring (bicyclic) bond motifs is 1. The molecule has 27 heavy (non-hydrogen) atoms. The largest absolute Gasteiger partial charge is 0.493 e. The first kappa shape index (κ1) is 17.5. The number of carbonyl (C=O) groups excluding carboxylic acids is 1. The van der Waals surface area contributed by atoms with Crippen LogP contribution in [0.15, 0.2) is 30.3 Å². The van der Waals surface area contributed by atoms with Crippen molar-refractivity contribution in [1.29, 1.82) is 0 Å². The topological polar surface area (TPSA) is 78.6 Å². The molecule has 1 atom stereocenters. The molecule has 1 N–H and O–H groups in total. The van der Waals surface area contributed by atoms with E-state index in [9.17, 15) is 4.79 Å². The van der Waals surface area contributed by atoms with Crippen molar-refractivity contribution >= 4 is 5.91 Å². The molecular formula is C20H21NO6. The Morgan fingerprint density at radius 1 is 1.19 bits per heavy atom. The molecule has 2 aromatic carbocycles. The van der Waals surface area contributed by atoms with Crippen LogP contribution in [0.2, 0.25) is 0 Å². The van der Waals surface area contributed by atoms with E-state index in [0.717, 1.165) is 22.6 Å². The summed E-state index contributed by atoms with van der Waals surface area (Å²) in [5.41, 5.74) is 2.61. The van der Waals surface area contributed by atoms with Crippen LogP contribution in [-0.2, 0) is 11.2 Å². The number of rotatable bonds is 7. The average molecular weight is 371 g/mol. The summed E-state index contributed by atoms with van der Waals surface area (Å²) >= 11 is 0. The second kappa shape index (κ2) is 7.36. The van der Waals surface area contributed by atoms with Gasteiger partial charge in [-0.2, -0.15) is 0 Å². The summed E-state index contributed by atoms with van der Waals surface area (Å²) in [6, 6.07) is 9.17. The fourth-order valence-corrected chi connectivity index (χ4v) is 3.22. The fraction of sp³-hybridized carbons (Fsp3) is 0.350. The number of methoxy groups -OCH3 is 2. The van der Waals surface area contributed by atoms with Crippen LogP contribution >= 0.6 is 0 Å². The number of nitrogens with one attached hydrogen (secondary N) is 1. The van der Waals surface area contributed by atoms with Crippen molar-refractivity contribution in [3.05, 3.63) is 47.0 Å². The van der Waals surface area contributed by atoms with E-state index < -0.39 is 0 Å². The van der Waals surface area contributed by atoms with E-state index in [4.69, 9.17) is 23.7 Å². The molecule has 2 heterocycles. The van der Waals surface area contributed by atoms with Crippen LogP contribution in [0.5, 0.6) is 23.0 Å². The van der Waals surface area contributed by atoms with Crippen LogP contribution in [0, 0.1) is 0 Å². The lowest BCUT2D eigenvalue weighted by Gasteiger charge is -2.13. The minimum atomic E-state index is -0.212. The number of hydrogen-bond donors (Lipinski definition) is 1. The fourth-order valence-electron chi connectivity index (χ4n) is 3.22. The minimum absolute atomic E-state index is 0.101. The minimum Gasteiger partial charge on any atom is -0.493 e. The zero-order valence-electron chi connectivity index (χ0n) is 15.2. The second-order valence-corrected chi connectivity index (χ2v) is 6.27. The number of amides is 1. The lowest BCUT2D eigenvalue weighted by molar-refractivity contribution is 0.0950. The summed E-state index contributed by atoms with van der Waals surface area (Å²) in [5, 5.41) is 2.94. The highest BCUT2D eigenvalue weighted by atomic mass is 16.7. The Kier molecular flexibility index (Phi) is 4.77. The third-order valence-corrected chi connectivity index (χ3v) is 4.64. The average Bonchev–Trinajstić information content (AvgIpc) is 3.44. The summed E-state index contributed by atoms with van der Waals surface area (Å²) in [6.45, 7) is 1.41. The molecular weight excluding hydrogens is 350 g/mol. The molecule has 2 aromatic rings. The van der Waals surface area contributed by atoms with Crippen LogP contribution in [-0.4, -0.2) is 40.1 Å². The molecule has 2 aliphatic heterocycles. The Morgan fingerprint density at radius 2 is 1.96 bits per heavy atom. The zero-order chi connectivity index (χ0) is 18.8. The van der Waals surface area contributed by atoms with Gasteiger partial charge < -0.3 is 29.0 Å². The monoisotopic (exact) mass is 371 g/mol. The van der Waals surface area contributed by atoms with Gasteiger partial charge in [-0.25, -0.2) is 0 Å². The second-order valence-electron chi connectivity index (χ2n) is 6.27. The molecule has 1 unspecified atom stereocenters. The highest BCUT2D eigenvalue weighted by Gasteiger charge is 2.30. The van der Waals surface area contributed by atoms with Gasteiger partial charge in [-0.05, 0) is 41.8 Å². The number of para-hydroxylation sites is 1. The first-order chi connectivity index (χ1) is 13.2. The Morgan fingerprint density at radius 3 is 2.67 bits per heavy atom. The lowest BCUT2D eigenvalue weighted by atomic mass is 10.0. The normalized spacial score (nSPS) is 16.7. The van der Waals surface area contributed by atoms with Gasteiger partial charge in [-0.1, -0.05) is 6.07 Å². The maximum absolute atomic E-state index is 12.6. The molecule has 1 fully saturated rings. The van der Waals surface area contributed by atoms with Crippen molar-refractivity contribution in [2.45, 2.75) is 12.5 Å². The maximum Gasteiger partial charge on any atom is 0.255 e. The summed E-state index contributed by atoms with van der Waals surface area (Å²) in [7, 11) is 3.06. The number of hydrogen-bond acceptors (Lipinski definition) is 6. The summed E-state index contributed by atoms with van der Waals surface area (Å²) in [6.07, 6.45) is 0.757. The van der Waals surface area contributed by atoms with E-state index in [0.29, 0.717) is 36.6 Å². The molecule has 0 radical (unpaired) electrons. The molecule has 0 saturated carbocycles. The Bertz CT molecular complexity index is 862. The van der Waals surface area contributed by atoms with E-state index in [-0.39, 0.29) is 18.8 Å². The number of carbonyl (C=O) groups is 1. The van der Waals surface area contributed by atoms with Gasteiger partial charge in [0.15, 0.2) is 23.0 Å². The Balaban J connectivity index is 1.45. The molecule has 0 spiro atoms. The predicted molar refractivity (Wildman–Crippen MR) is 96.8 cm³/mol. The Hall–Kier alpha value is -2.93. The Labute approximate surface area is 157 Å². The van der Waals surface area contributed by atoms with Gasteiger partial charge in [0.2, 0.25) is 6.79 Å². The number of benzene rings is 2. The summed E-state index contributed by atoms with van der Waals surface area (Å²) in [4.78, 5) is 12.6. The van der Waals surface area contributed by atoms with Crippen molar-refractivity contribution in [1.82, 2.24) is 5.32 Å². The lowest BCUT2D eigenvalue weighted by Crippen LogP contribution is -2.26. The van der Waals surface area contributed by atoms with Crippen molar-refractivity contribution in [3.63, 3.8) is 0 Å². The standard InChI is InChI=1S/C20H21NO6/c1-23-15-5-3-4-13(19(15)24-2)20(22)21-7-6-12-8-16-17(27-11-26-16)9-14(12)18-10-25-18/h3-5,8-9,18H,6-7,10-11H2,1-2H3,(H,21,22). The van der Waals surface area contributed by atoms with E-state index in [1.165, 1.54) is 7.11 Å².